The Morgan fingerprint density at radius 3 is 0.771 bits per heavy atom. The lowest BCUT2D eigenvalue weighted by Crippen LogP contribution is -2.30. The van der Waals surface area contributed by atoms with Crippen LogP contribution in [0, 0.1) is 0 Å². The first-order valence-electron chi connectivity index (χ1n) is 34.0. The van der Waals surface area contributed by atoms with Crippen LogP contribution >= 0.6 is 0 Å². The lowest BCUT2D eigenvalue weighted by Gasteiger charge is -2.18. The Hall–Kier alpha value is -4.97. The highest BCUT2D eigenvalue weighted by Crippen LogP contribution is 2.15. The number of esters is 3. The molecule has 0 rings (SSSR count). The van der Waals surface area contributed by atoms with Gasteiger partial charge in [0.1, 0.15) is 13.2 Å². The molecule has 83 heavy (non-hydrogen) atoms. The molecule has 0 aromatic carbocycles. The van der Waals surface area contributed by atoms with Crippen molar-refractivity contribution in [3.05, 3.63) is 158 Å². The van der Waals surface area contributed by atoms with Gasteiger partial charge < -0.3 is 14.2 Å². The molecule has 0 heterocycles. The second-order valence-corrected chi connectivity index (χ2v) is 22.0. The molecule has 0 spiro atoms. The van der Waals surface area contributed by atoms with E-state index in [1.165, 1.54) is 96.3 Å². The molecule has 468 valence electrons. The maximum Gasteiger partial charge on any atom is 0.306 e. The highest BCUT2D eigenvalue weighted by Gasteiger charge is 2.19. The average Bonchev–Trinajstić information content (AvgIpc) is 3.49. The van der Waals surface area contributed by atoms with Gasteiger partial charge in [0, 0.05) is 19.3 Å². The van der Waals surface area contributed by atoms with Crippen molar-refractivity contribution in [1.29, 1.82) is 0 Å². The van der Waals surface area contributed by atoms with Crippen molar-refractivity contribution in [3.63, 3.8) is 0 Å². The van der Waals surface area contributed by atoms with Crippen molar-refractivity contribution in [2.75, 3.05) is 13.2 Å². The third-order valence-corrected chi connectivity index (χ3v) is 14.0. The van der Waals surface area contributed by atoms with E-state index in [-0.39, 0.29) is 37.5 Å². The summed E-state index contributed by atoms with van der Waals surface area (Å²) in [6, 6.07) is 0. The van der Waals surface area contributed by atoms with Crippen molar-refractivity contribution < 1.29 is 28.6 Å². The summed E-state index contributed by atoms with van der Waals surface area (Å²) in [6.07, 6.45) is 101. The first kappa shape index (κ1) is 78.0. The third kappa shape index (κ3) is 67.7. The minimum absolute atomic E-state index is 0.104. The molecule has 0 saturated heterocycles. The molecule has 6 nitrogen and oxygen atoms in total. The maximum atomic E-state index is 12.9. The molecule has 0 saturated carbocycles. The maximum absolute atomic E-state index is 12.9. The van der Waals surface area contributed by atoms with Gasteiger partial charge in [0.15, 0.2) is 6.10 Å². The van der Waals surface area contributed by atoms with E-state index in [1.807, 2.05) is 0 Å². The first-order valence-corrected chi connectivity index (χ1v) is 34.0. The number of hydrogen-bond donors (Lipinski definition) is 0. The molecule has 1 atom stereocenters. The van der Waals surface area contributed by atoms with E-state index in [0.717, 1.165) is 148 Å². The highest BCUT2D eigenvalue weighted by molar-refractivity contribution is 5.71. The summed E-state index contributed by atoms with van der Waals surface area (Å²) in [4.78, 5) is 38.3. The first-order chi connectivity index (χ1) is 41.0. The predicted octanol–water partition coefficient (Wildman–Crippen LogP) is 23.7. The standard InChI is InChI=1S/C77H124O6/c1-4-7-10-13-16-19-22-25-28-29-30-31-32-33-34-35-36-37-38-39-40-41-42-43-44-45-46-47-50-52-55-58-61-64-67-70-76(79)82-73-74(83-77(80)71-68-65-62-59-56-53-49-27-24-21-18-15-12-9-6-3)72-81-75(78)69-66-63-60-57-54-51-48-26-23-20-17-14-11-8-5-2/h7,9-10,12,16,18-19,21,25-28,30-31,33-34,36-37,39-40,42-43,48-49,56,59,74H,4-6,8,11,13-15,17,20,22-24,29,32,35,38,41,44-47,50-55,57-58,60-73H2,1-3H3/b10-7-,12-9-,19-16-,21-18-,28-25-,31-30-,34-33-,37-36-,40-39-,43-42-,48-26-,49-27-,59-56-. The van der Waals surface area contributed by atoms with Crippen LogP contribution in [0.5, 0.6) is 0 Å². The molecule has 0 aliphatic carbocycles. The van der Waals surface area contributed by atoms with Crippen LogP contribution in [0.3, 0.4) is 0 Å². The van der Waals surface area contributed by atoms with E-state index in [9.17, 15) is 14.4 Å². The quantitative estimate of drug-likeness (QED) is 0.0261. The Bertz CT molecular complexity index is 1840. The van der Waals surface area contributed by atoms with E-state index in [4.69, 9.17) is 14.2 Å². The van der Waals surface area contributed by atoms with Gasteiger partial charge in [-0.1, -0.05) is 281 Å². The summed E-state index contributed by atoms with van der Waals surface area (Å²) < 4.78 is 16.9. The molecule has 0 bridgehead atoms. The van der Waals surface area contributed by atoms with Gasteiger partial charge in [-0.25, -0.2) is 0 Å². The van der Waals surface area contributed by atoms with Crippen LogP contribution in [0.15, 0.2) is 158 Å². The number of unbranched alkanes of at least 4 members (excludes halogenated alkanes) is 23. The van der Waals surface area contributed by atoms with Gasteiger partial charge in [-0.05, 0) is 148 Å². The SMILES string of the molecule is CC/C=C\C/C=C\C/C=C\C/C=C\C/C=C\C/C=C\C/C=C\C/C=C\CCCCCCCCCCCCC(=O)OCC(COC(=O)CCCCCCC/C=C\CCCCCCCC)OC(=O)CCCC/C=C\C/C=C\C/C=C\C/C=C\CC. The van der Waals surface area contributed by atoms with Gasteiger partial charge in [0.05, 0.1) is 0 Å². The largest absolute Gasteiger partial charge is 0.462 e. The molecular weight excluding hydrogens is 1020 g/mol. The normalized spacial score (nSPS) is 13.1. The molecule has 0 aliphatic heterocycles. The Kier molecular flexibility index (Phi) is 65.4. The molecule has 0 aromatic heterocycles. The number of carbonyl (C=O) groups excluding carboxylic acids is 3. The van der Waals surface area contributed by atoms with Crippen molar-refractivity contribution in [2.45, 2.75) is 297 Å². The molecule has 6 heteroatoms. The predicted molar refractivity (Wildman–Crippen MR) is 362 cm³/mol. The van der Waals surface area contributed by atoms with Crippen molar-refractivity contribution >= 4 is 17.9 Å². The Morgan fingerprint density at radius 2 is 0.470 bits per heavy atom. The van der Waals surface area contributed by atoms with Crippen molar-refractivity contribution in [2.24, 2.45) is 0 Å². The number of rotatable bonds is 60. The average molecular weight is 1150 g/mol. The smallest absolute Gasteiger partial charge is 0.306 e. The topological polar surface area (TPSA) is 78.9 Å². The Balaban J connectivity index is 4.29. The number of allylic oxidation sites excluding steroid dienone is 26. The summed E-state index contributed by atoms with van der Waals surface area (Å²) >= 11 is 0. The molecule has 0 fully saturated rings. The zero-order chi connectivity index (χ0) is 59.9. The van der Waals surface area contributed by atoms with Crippen LogP contribution in [0.25, 0.3) is 0 Å². The number of carbonyl (C=O) groups is 3. The number of ether oxygens (including phenoxy) is 3. The van der Waals surface area contributed by atoms with Crippen LogP contribution in [0.1, 0.15) is 290 Å². The van der Waals surface area contributed by atoms with Gasteiger partial charge in [0.2, 0.25) is 0 Å². The Morgan fingerprint density at radius 1 is 0.253 bits per heavy atom. The molecule has 0 amide bonds. The second-order valence-electron chi connectivity index (χ2n) is 22.0. The minimum atomic E-state index is -0.812. The fraction of sp³-hybridized carbons (Fsp3) is 0.623. The van der Waals surface area contributed by atoms with Gasteiger partial charge in [-0.15, -0.1) is 0 Å². The molecule has 0 aromatic rings. The summed E-state index contributed by atoms with van der Waals surface area (Å²) in [5.74, 6) is -0.958. The molecule has 1 unspecified atom stereocenters. The summed E-state index contributed by atoms with van der Waals surface area (Å²) in [5, 5.41) is 0. The highest BCUT2D eigenvalue weighted by atomic mass is 16.6. The van der Waals surface area contributed by atoms with E-state index < -0.39 is 6.10 Å². The molecule has 0 radical (unpaired) electrons. The molecular formula is C77H124O6. The van der Waals surface area contributed by atoms with Gasteiger partial charge in [-0.2, -0.15) is 0 Å². The monoisotopic (exact) mass is 1140 g/mol. The molecule has 0 N–H and O–H groups in total. The van der Waals surface area contributed by atoms with E-state index in [1.54, 1.807) is 0 Å². The summed E-state index contributed by atoms with van der Waals surface area (Å²) in [6.45, 7) is 6.36. The van der Waals surface area contributed by atoms with Crippen LogP contribution in [0.4, 0.5) is 0 Å². The minimum Gasteiger partial charge on any atom is -0.462 e. The summed E-state index contributed by atoms with van der Waals surface area (Å²) in [5.41, 5.74) is 0. The van der Waals surface area contributed by atoms with E-state index in [0.29, 0.717) is 19.3 Å². The van der Waals surface area contributed by atoms with Crippen molar-refractivity contribution in [3.8, 4) is 0 Å². The second kappa shape index (κ2) is 69.5. The lowest BCUT2D eigenvalue weighted by atomic mass is 10.1. The fourth-order valence-electron chi connectivity index (χ4n) is 8.97. The van der Waals surface area contributed by atoms with Crippen molar-refractivity contribution in [1.82, 2.24) is 0 Å². The van der Waals surface area contributed by atoms with Gasteiger partial charge in [-0.3, -0.25) is 14.4 Å². The number of hydrogen-bond acceptors (Lipinski definition) is 6. The lowest BCUT2D eigenvalue weighted by molar-refractivity contribution is -0.167. The van der Waals surface area contributed by atoms with Crippen LogP contribution in [-0.2, 0) is 28.6 Å². The van der Waals surface area contributed by atoms with Crippen LogP contribution < -0.4 is 0 Å². The zero-order valence-corrected chi connectivity index (χ0v) is 53.7. The summed E-state index contributed by atoms with van der Waals surface area (Å²) in [7, 11) is 0. The fourth-order valence-corrected chi connectivity index (χ4v) is 8.97. The Labute approximate surface area is 511 Å². The van der Waals surface area contributed by atoms with Gasteiger partial charge >= 0.3 is 17.9 Å². The van der Waals surface area contributed by atoms with E-state index in [2.05, 4.69) is 179 Å². The van der Waals surface area contributed by atoms with Crippen LogP contribution in [0.2, 0.25) is 0 Å². The van der Waals surface area contributed by atoms with Crippen LogP contribution in [-0.4, -0.2) is 37.2 Å². The van der Waals surface area contributed by atoms with E-state index >= 15 is 0 Å². The third-order valence-electron chi connectivity index (χ3n) is 14.0. The molecule has 0 aliphatic rings. The zero-order valence-electron chi connectivity index (χ0n) is 53.7. The van der Waals surface area contributed by atoms with Gasteiger partial charge in [0.25, 0.3) is 0 Å².